The van der Waals surface area contributed by atoms with Crippen LogP contribution in [0.25, 0.3) is 22.3 Å². The first-order valence-electron chi connectivity index (χ1n) is 11.7. The Morgan fingerprint density at radius 3 is 2.08 bits per heavy atom. The summed E-state index contributed by atoms with van der Waals surface area (Å²) in [4.78, 5) is 24.7. The Bertz CT molecular complexity index is 1390. The fourth-order valence-electron chi connectivity index (χ4n) is 4.84. The molecule has 1 aliphatic rings. The molecule has 36 heavy (non-hydrogen) atoms. The van der Waals surface area contributed by atoms with E-state index in [4.69, 9.17) is 4.74 Å². The van der Waals surface area contributed by atoms with Gasteiger partial charge in [-0.25, -0.2) is 14.0 Å². The van der Waals surface area contributed by atoms with Crippen LogP contribution in [-0.4, -0.2) is 29.8 Å². The first kappa shape index (κ1) is 23.3. The van der Waals surface area contributed by atoms with E-state index in [1.807, 2.05) is 48.5 Å². The zero-order valence-corrected chi connectivity index (χ0v) is 19.4. The van der Waals surface area contributed by atoms with E-state index < -0.39 is 18.1 Å². The van der Waals surface area contributed by atoms with Gasteiger partial charge in [0.25, 0.3) is 0 Å². The topological polar surface area (TPSA) is 75.6 Å². The van der Waals surface area contributed by atoms with Crippen molar-refractivity contribution in [1.82, 2.24) is 5.32 Å². The van der Waals surface area contributed by atoms with Gasteiger partial charge in [0.2, 0.25) is 0 Å². The van der Waals surface area contributed by atoms with Gasteiger partial charge in [0.1, 0.15) is 18.5 Å². The van der Waals surface area contributed by atoms with Crippen LogP contribution in [0.1, 0.15) is 22.6 Å². The van der Waals surface area contributed by atoms with Crippen LogP contribution in [0.4, 0.5) is 9.18 Å². The van der Waals surface area contributed by atoms with Gasteiger partial charge in [-0.1, -0.05) is 84.9 Å². The highest BCUT2D eigenvalue weighted by atomic mass is 19.1. The van der Waals surface area contributed by atoms with Crippen molar-refractivity contribution in [2.75, 3.05) is 6.61 Å². The summed E-state index contributed by atoms with van der Waals surface area (Å²) in [5.74, 6) is -1.69. The van der Waals surface area contributed by atoms with E-state index >= 15 is 0 Å². The zero-order chi connectivity index (χ0) is 25.1. The molecule has 6 heteroatoms. The van der Waals surface area contributed by atoms with E-state index in [1.54, 1.807) is 36.4 Å². The summed E-state index contributed by atoms with van der Waals surface area (Å²) in [7, 11) is 0. The second kappa shape index (κ2) is 10.0. The standard InChI is InChI=1S/C30H24FNO4/c31-21-10-7-9-19(16-21)22-11-2-1-8-20(22)17-28(29(33)34)32-30(35)36-18-27-25-14-5-3-12-23(25)24-13-4-6-15-26(24)27/h1-16,27-28H,17-18H2,(H,32,35)(H,33,34). The van der Waals surface area contributed by atoms with Crippen LogP contribution < -0.4 is 5.32 Å². The molecule has 0 aromatic heterocycles. The number of amides is 1. The van der Waals surface area contributed by atoms with E-state index in [2.05, 4.69) is 5.32 Å². The molecule has 1 aliphatic carbocycles. The van der Waals surface area contributed by atoms with Crippen LogP contribution in [-0.2, 0) is 16.0 Å². The van der Waals surface area contributed by atoms with Gasteiger partial charge >= 0.3 is 12.1 Å². The zero-order valence-electron chi connectivity index (χ0n) is 19.4. The minimum atomic E-state index is -1.21. The van der Waals surface area contributed by atoms with E-state index in [0.29, 0.717) is 16.7 Å². The lowest BCUT2D eigenvalue weighted by Crippen LogP contribution is -2.43. The summed E-state index contributed by atoms with van der Waals surface area (Å²) in [6.07, 6.45) is -0.779. The minimum absolute atomic E-state index is 0.0201. The number of benzene rings is 4. The molecule has 0 bridgehead atoms. The van der Waals surface area contributed by atoms with E-state index in [0.717, 1.165) is 22.3 Å². The van der Waals surface area contributed by atoms with Crippen LogP contribution >= 0.6 is 0 Å². The Labute approximate surface area is 208 Å². The van der Waals surface area contributed by atoms with Gasteiger partial charge in [-0.05, 0) is 51.1 Å². The van der Waals surface area contributed by atoms with Gasteiger partial charge in [0, 0.05) is 12.3 Å². The first-order valence-corrected chi connectivity index (χ1v) is 11.7. The SMILES string of the molecule is O=C(NC(Cc1ccccc1-c1cccc(F)c1)C(=O)O)OCC1c2ccccc2-c2ccccc21. The number of carbonyl (C=O) groups is 2. The molecular formula is C30H24FNO4. The van der Waals surface area contributed by atoms with Crippen molar-refractivity contribution >= 4 is 12.1 Å². The summed E-state index contributed by atoms with van der Waals surface area (Å²) in [6, 6.07) is 28.0. The monoisotopic (exact) mass is 481 g/mol. The predicted molar refractivity (Wildman–Crippen MR) is 135 cm³/mol. The number of alkyl carbamates (subject to hydrolysis) is 1. The van der Waals surface area contributed by atoms with E-state index in [-0.39, 0.29) is 24.8 Å². The molecule has 0 saturated carbocycles. The smallest absolute Gasteiger partial charge is 0.407 e. The second-order valence-electron chi connectivity index (χ2n) is 8.73. The van der Waals surface area contributed by atoms with Gasteiger partial charge in [0.05, 0.1) is 0 Å². The molecule has 1 amide bonds. The lowest BCUT2D eigenvalue weighted by molar-refractivity contribution is -0.139. The van der Waals surface area contributed by atoms with Crippen LogP contribution in [0.15, 0.2) is 97.1 Å². The fourth-order valence-corrected chi connectivity index (χ4v) is 4.84. The van der Waals surface area contributed by atoms with E-state index in [1.165, 1.54) is 12.1 Å². The van der Waals surface area contributed by atoms with Crippen molar-refractivity contribution in [3.8, 4) is 22.3 Å². The largest absolute Gasteiger partial charge is 0.480 e. The molecule has 0 aliphatic heterocycles. The number of fused-ring (bicyclic) bond motifs is 3. The molecule has 4 aromatic carbocycles. The number of hydrogen-bond donors (Lipinski definition) is 2. The number of aliphatic carboxylic acids is 1. The molecule has 0 fully saturated rings. The quantitative estimate of drug-likeness (QED) is 0.338. The lowest BCUT2D eigenvalue weighted by Gasteiger charge is -2.19. The molecule has 0 radical (unpaired) electrons. The molecule has 0 saturated heterocycles. The fraction of sp³-hybridized carbons (Fsp3) is 0.133. The number of nitrogens with one attached hydrogen (secondary N) is 1. The highest BCUT2D eigenvalue weighted by Crippen LogP contribution is 2.44. The Balaban J connectivity index is 1.30. The normalized spacial score (nSPS) is 12.9. The first-order chi connectivity index (χ1) is 17.5. The summed E-state index contributed by atoms with van der Waals surface area (Å²) in [6.45, 7) is 0.0894. The summed E-state index contributed by atoms with van der Waals surface area (Å²) in [5.41, 5.74) is 6.39. The van der Waals surface area contributed by atoms with E-state index in [9.17, 15) is 19.1 Å². The maximum atomic E-state index is 13.8. The third-order valence-electron chi connectivity index (χ3n) is 6.51. The highest BCUT2D eigenvalue weighted by Gasteiger charge is 2.30. The molecule has 0 spiro atoms. The number of rotatable bonds is 7. The predicted octanol–water partition coefficient (Wildman–Crippen LogP) is 6.03. The second-order valence-corrected chi connectivity index (χ2v) is 8.73. The Morgan fingerprint density at radius 1 is 0.833 bits per heavy atom. The molecule has 5 nitrogen and oxygen atoms in total. The lowest BCUT2D eigenvalue weighted by atomic mass is 9.95. The number of hydrogen-bond acceptors (Lipinski definition) is 3. The van der Waals surface area contributed by atoms with Crippen LogP contribution in [0.2, 0.25) is 0 Å². The van der Waals surface area contributed by atoms with Crippen molar-refractivity contribution < 1.29 is 23.8 Å². The maximum Gasteiger partial charge on any atom is 0.407 e. The molecule has 4 aromatic rings. The third-order valence-corrected chi connectivity index (χ3v) is 6.51. The van der Waals surface area contributed by atoms with Crippen molar-refractivity contribution in [2.24, 2.45) is 0 Å². The molecule has 2 N–H and O–H groups in total. The molecule has 180 valence electrons. The van der Waals surface area contributed by atoms with Crippen LogP contribution in [0.5, 0.6) is 0 Å². The molecule has 0 heterocycles. The van der Waals surface area contributed by atoms with Crippen LogP contribution in [0, 0.1) is 5.82 Å². The molecule has 1 unspecified atom stereocenters. The Kier molecular flexibility index (Phi) is 6.50. The molecule has 1 atom stereocenters. The number of ether oxygens (including phenoxy) is 1. The summed E-state index contributed by atoms with van der Waals surface area (Å²) >= 11 is 0. The number of halogens is 1. The van der Waals surface area contributed by atoms with Gasteiger partial charge in [0.15, 0.2) is 0 Å². The molecule has 5 rings (SSSR count). The van der Waals surface area contributed by atoms with Gasteiger partial charge < -0.3 is 15.2 Å². The van der Waals surface area contributed by atoms with Gasteiger partial charge in [-0.3, -0.25) is 0 Å². The number of carbonyl (C=O) groups excluding carboxylic acids is 1. The Hall–Kier alpha value is -4.45. The van der Waals surface area contributed by atoms with Crippen LogP contribution in [0.3, 0.4) is 0 Å². The van der Waals surface area contributed by atoms with Crippen molar-refractivity contribution in [3.63, 3.8) is 0 Å². The summed E-state index contributed by atoms with van der Waals surface area (Å²) in [5, 5.41) is 12.3. The molecular weight excluding hydrogens is 457 g/mol. The Morgan fingerprint density at radius 2 is 1.44 bits per heavy atom. The summed E-state index contributed by atoms with van der Waals surface area (Å²) < 4.78 is 19.3. The number of carboxylic acid groups (broad SMARTS) is 1. The number of carboxylic acids is 1. The average molecular weight is 482 g/mol. The third kappa shape index (κ3) is 4.70. The van der Waals surface area contributed by atoms with Gasteiger partial charge in [-0.2, -0.15) is 0 Å². The van der Waals surface area contributed by atoms with Gasteiger partial charge in [-0.15, -0.1) is 0 Å². The van der Waals surface area contributed by atoms with Crippen molar-refractivity contribution in [1.29, 1.82) is 0 Å². The van der Waals surface area contributed by atoms with Crippen molar-refractivity contribution in [2.45, 2.75) is 18.4 Å². The minimum Gasteiger partial charge on any atom is -0.480 e. The maximum absolute atomic E-state index is 13.8. The highest BCUT2D eigenvalue weighted by molar-refractivity contribution is 5.82. The van der Waals surface area contributed by atoms with Crippen molar-refractivity contribution in [3.05, 3.63) is 120 Å². The average Bonchev–Trinajstić information content (AvgIpc) is 3.21.